The highest BCUT2D eigenvalue weighted by molar-refractivity contribution is 9.10. The summed E-state index contributed by atoms with van der Waals surface area (Å²) in [5, 5.41) is 6.92. The lowest BCUT2D eigenvalue weighted by atomic mass is 10.1. The van der Waals surface area contributed by atoms with Crippen molar-refractivity contribution in [2.75, 3.05) is 27.2 Å². The first-order chi connectivity index (χ1) is 9.97. The fourth-order valence-electron chi connectivity index (χ4n) is 1.73. The number of carbonyl (C=O) groups is 2. The Morgan fingerprint density at radius 3 is 2.67 bits per heavy atom. The molecule has 0 heterocycles. The number of nitrogens with one attached hydrogen (secondary N) is 2. The number of amides is 2. The first-order valence-corrected chi connectivity index (χ1v) is 7.41. The quantitative estimate of drug-likeness (QED) is 0.638. The van der Waals surface area contributed by atoms with Crippen LogP contribution >= 0.6 is 15.9 Å². The van der Waals surface area contributed by atoms with Gasteiger partial charge in [-0.3, -0.25) is 9.59 Å². The normalized spacial score (nSPS) is 11.6. The summed E-state index contributed by atoms with van der Waals surface area (Å²) < 4.78 is 6.07. The maximum Gasteiger partial charge on any atom is 0.275 e. The summed E-state index contributed by atoms with van der Waals surface area (Å²) in [6.45, 7) is 2.29. The van der Waals surface area contributed by atoms with Crippen LogP contribution in [0.2, 0.25) is 0 Å². The van der Waals surface area contributed by atoms with Gasteiger partial charge >= 0.3 is 0 Å². The molecule has 0 aliphatic heterocycles. The minimum absolute atomic E-state index is 0.00559. The van der Waals surface area contributed by atoms with Crippen molar-refractivity contribution >= 4 is 27.7 Å². The lowest BCUT2D eigenvalue weighted by molar-refractivity contribution is -0.682. The zero-order valence-corrected chi connectivity index (χ0v) is 14.0. The van der Waals surface area contributed by atoms with E-state index in [4.69, 9.17) is 4.74 Å². The van der Waals surface area contributed by atoms with Crippen LogP contribution < -0.4 is 20.7 Å². The van der Waals surface area contributed by atoms with Crippen molar-refractivity contribution < 1.29 is 19.6 Å². The second kappa shape index (κ2) is 8.63. The van der Waals surface area contributed by atoms with E-state index in [0.717, 1.165) is 15.8 Å². The molecule has 0 saturated carbocycles. The van der Waals surface area contributed by atoms with Crippen LogP contribution in [0.5, 0.6) is 5.75 Å². The number of likely N-dealkylation sites (N-methyl/N-ethyl adjacent to an activating group) is 1. The van der Waals surface area contributed by atoms with Crippen LogP contribution in [0.3, 0.4) is 0 Å². The first kappa shape index (κ1) is 17.5. The van der Waals surface area contributed by atoms with E-state index < -0.39 is 0 Å². The van der Waals surface area contributed by atoms with Gasteiger partial charge in [0.25, 0.3) is 5.91 Å². The van der Waals surface area contributed by atoms with Crippen LogP contribution in [0, 0.1) is 0 Å². The molecular weight excluding hydrogens is 338 g/mol. The third-order valence-electron chi connectivity index (χ3n) is 3.08. The molecular formula is C14H21BrN3O3+. The van der Waals surface area contributed by atoms with E-state index in [1.165, 1.54) is 7.05 Å². The second-order valence-corrected chi connectivity index (χ2v) is 5.43. The number of hydrogen-bond donors (Lipinski definition) is 3. The number of hydrogen-bond acceptors (Lipinski definition) is 3. The molecule has 21 heavy (non-hydrogen) atoms. The number of benzene rings is 1. The van der Waals surface area contributed by atoms with Crippen molar-refractivity contribution in [2.45, 2.75) is 13.0 Å². The molecule has 0 unspecified atom stereocenters. The van der Waals surface area contributed by atoms with Gasteiger partial charge in [0.05, 0.1) is 18.1 Å². The van der Waals surface area contributed by atoms with Crippen molar-refractivity contribution in [3.05, 3.63) is 28.2 Å². The lowest BCUT2D eigenvalue weighted by Gasteiger charge is -2.12. The van der Waals surface area contributed by atoms with E-state index in [0.29, 0.717) is 0 Å². The highest BCUT2D eigenvalue weighted by Crippen LogP contribution is 2.26. The molecule has 0 radical (unpaired) electrons. The van der Waals surface area contributed by atoms with Crippen LogP contribution in [0.25, 0.3) is 0 Å². The molecule has 0 aliphatic rings. The second-order valence-electron chi connectivity index (χ2n) is 4.57. The molecule has 7 heteroatoms. The summed E-state index contributed by atoms with van der Waals surface area (Å²) in [7, 11) is 3.15. The highest BCUT2D eigenvalue weighted by atomic mass is 79.9. The Kier molecular flexibility index (Phi) is 7.18. The molecule has 1 aromatic carbocycles. The summed E-state index contributed by atoms with van der Waals surface area (Å²) in [5.41, 5.74) is 1.08. The van der Waals surface area contributed by atoms with Gasteiger partial charge in [-0.2, -0.15) is 0 Å². The maximum atomic E-state index is 11.6. The Hall–Kier alpha value is -1.60. The molecule has 1 atom stereocenters. The van der Waals surface area contributed by atoms with Gasteiger partial charge in [-0.05, 0) is 41.1 Å². The van der Waals surface area contributed by atoms with E-state index in [-0.39, 0.29) is 30.9 Å². The molecule has 4 N–H and O–H groups in total. The van der Waals surface area contributed by atoms with E-state index in [1.807, 2.05) is 30.4 Å². The topological polar surface area (TPSA) is 84.0 Å². The molecule has 6 nitrogen and oxygen atoms in total. The Morgan fingerprint density at radius 1 is 1.38 bits per heavy atom. The van der Waals surface area contributed by atoms with Crippen LogP contribution in [0.1, 0.15) is 18.5 Å². The number of halogens is 1. The van der Waals surface area contributed by atoms with E-state index in [1.54, 1.807) is 7.11 Å². The minimum atomic E-state index is -0.213. The predicted octanol–water partition coefficient (Wildman–Crippen LogP) is -0.0557. The van der Waals surface area contributed by atoms with Crippen LogP contribution in [0.4, 0.5) is 0 Å². The Balaban J connectivity index is 2.46. The summed E-state index contributed by atoms with van der Waals surface area (Å²) >= 11 is 3.44. The van der Waals surface area contributed by atoms with Crippen molar-refractivity contribution in [1.29, 1.82) is 0 Å². The molecule has 1 aromatic rings. The minimum Gasteiger partial charge on any atom is -0.496 e. The fraction of sp³-hybridized carbons (Fsp3) is 0.429. The Bertz CT molecular complexity index is 508. The molecule has 0 fully saturated rings. The first-order valence-electron chi connectivity index (χ1n) is 6.62. The molecule has 0 saturated heterocycles. The summed E-state index contributed by atoms with van der Waals surface area (Å²) in [6, 6.07) is 5.95. The molecule has 1 rings (SSSR count). The Labute approximate surface area is 132 Å². The molecule has 0 spiro atoms. The van der Waals surface area contributed by atoms with Gasteiger partial charge in [-0.25, -0.2) is 0 Å². The van der Waals surface area contributed by atoms with Gasteiger partial charge in [0.15, 0.2) is 6.54 Å². The number of nitrogens with two attached hydrogens (primary N) is 1. The summed E-state index contributed by atoms with van der Waals surface area (Å²) in [4.78, 5) is 22.6. The predicted molar refractivity (Wildman–Crippen MR) is 83.0 cm³/mol. The Morgan fingerprint density at radius 2 is 2.10 bits per heavy atom. The third kappa shape index (κ3) is 5.73. The van der Waals surface area contributed by atoms with Gasteiger partial charge in [0, 0.05) is 12.6 Å². The van der Waals surface area contributed by atoms with Gasteiger partial charge in [0.1, 0.15) is 11.8 Å². The molecule has 0 aromatic heterocycles. The summed E-state index contributed by atoms with van der Waals surface area (Å²) in [6.07, 6.45) is 0. The van der Waals surface area contributed by atoms with Gasteiger partial charge in [-0.15, -0.1) is 0 Å². The number of quaternary nitrogens is 1. The van der Waals surface area contributed by atoms with Crippen molar-refractivity contribution in [2.24, 2.45) is 0 Å². The molecule has 0 aliphatic carbocycles. The lowest BCUT2D eigenvalue weighted by Crippen LogP contribution is -2.87. The highest BCUT2D eigenvalue weighted by Gasteiger charge is 2.13. The molecule has 116 valence electrons. The average Bonchev–Trinajstić information content (AvgIpc) is 2.49. The van der Waals surface area contributed by atoms with Gasteiger partial charge in [0.2, 0.25) is 5.91 Å². The van der Waals surface area contributed by atoms with Gasteiger partial charge < -0.3 is 20.7 Å². The third-order valence-corrected chi connectivity index (χ3v) is 3.70. The van der Waals surface area contributed by atoms with E-state index in [9.17, 15) is 9.59 Å². The van der Waals surface area contributed by atoms with Crippen LogP contribution in [0.15, 0.2) is 22.7 Å². The summed E-state index contributed by atoms with van der Waals surface area (Å²) in [5.74, 6) is 0.391. The van der Waals surface area contributed by atoms with Crippen LogP contribution in [-0.4, -0.2) is 39.1 Å². The smallest absolute Gasteiger partial charge is 0.275 e. The van der Waals surface area contributed by atoms with E-state index >= 15 is 0 Å². The van der Waals surface area contributed by atoms with Gasteiger partial charge in [-0.1, -0.05) is 0 Å². The van der Waals surface area contributed by atoms with Crippen molar-refractivity contribution in [3.8, 4) is 5.75 Å². The maximum absolute atomic E-state index is 11.6. The molecule has 2 amide bonds. The number of methoxy groups -OCH3 is 1. The number of ether oxygens (including phenoxy) is 1. The fourth-order valence-corrected chi connectivity index (χ4v) is 2.28. The van der Waals surface area contributed by atoms with Crippen molar-refractivity contribution in [3.63, 3.8) is 0 Å². The standard InChI is InChI=1S/C14H20BrN3O3/c1-9(10-4-5-12(21-3)11(15)6-10)17-8-14(20)18-7-13(19)16-2/h4-6,9,17H,7-8H2,1-3H3,(H,16,19)(H,18,20)/p+1/t9-/m1/s1. The largest absolute Gasteiger partial charge is 0.496 e. The monoisotopic (exact) mass is 358 g/mol. The number of carbonyl (C=O) groups excluding carboxylic acids is 2. The zero-order chi connectivity index (χ0) is 15.8. The van der Waals surface area contributed by atoms with Crippen LogP contribution in [-0.2, 0) is 9.59 Å². The van der Waals surface area contributed by atoms with Crippen molar-refractivity contribution in [1.82, 2.24) is 10.6 Å². The zero-order valence-electron chi connectivity index (χ0n) is 12.4. The number of rotatable bonds is 7. The average molecular weight is 359 g/mol. The SMILES string of the molecule is CNC(=O)CNC(=O)C[NH2+][C@H](C)c1ccc(OC)c(Br)c1. The van der Waals surface area contributed by atoms with E-state index in [2.05, 4.69) is 26.6 Å². The molecule has 0 bridgehead atoms.